The van der Waals surface area contributed by atoms with Gasteiger partial charge >= 0.3 is 74.5 Å². The number of pyridine rings is 1. The van der Waals surface area contributed by atoms with E-state index in [1.54, 1.807) is 32.9 Å². The number of carboxylic acids is 3. The summed E-state index contributed by atoms with van der Waals surface area (Å²) in [5.41, 5.74) is 1.15. The fourth-order valence-electron chi connectivity index (χ4n) is 10.2. The van der Waals surface area contributed by atoms with Crippen LogP contribution in [0.1, 0.15) is 244 Å². The first-order valence-electron chi connectivity index (χ1n) is 31.6. The largest absolute Gasteiger partial charge is 3.00 e. The van der Waals surface area contributed by atoms with E-state index in [0.717, 1.165) is 38.5 Å². The molecule has 1 aliphatic rings. The van der Waals surface area contributed by atoms with Crippen molar-refractivity contribution in [3.05, 3.63) is 29.6 Å². The van der Waals surface area contributed by atoms with Gasteiger partial charge in [0.25, 0.3) is 0 Å². The number of phosphoric acid groups is 1. The molecule has 2 rings (SSSR count). The van der Waals surface area contributed by atoms with Gasteiger partial charge in [-0.2, -0.15) is 0 Å². The molecule has 2 heterocycles. The molecule has 5 N–H and O–H groups in total. The van der Waals surface area contributed by atoms with E-state index in [4.69, 9.17) is 18.5 Å². The van der Waals surface area contributed by atoms with E-state index in [-0.39, 0.29) is 128 Å². The maximum Gasteiger partial charge on any atom is 3.00 e. The number of ether oxygens (including phenoxy) is 2. The van der Waals surface area contributed by atoms with Gasteiger partial charge in [-0.15, -0.1) is 0 Å². The first-order valence-corrected chi connectivity index (χ1v) is 33.1. The third-order valence-electron chi connectivity index (χ3n) is 14.9. The molecule has 0 radical (unpaired) electrons. The van der Waals surface area contributed by atoms with Crippen LogP contribution >= 0.6 is 7.82 Å². The smallest absolute Gasteiger partial charge is 0.480 e. The number of hydrogen-bond donors (Lipinski definition) is 5. The summed E-state index contributed by atoms with van der Waals surface area (Å²) in [7, 11) is -4.78. The average molecular weight is 1350 g/mol. The van der Waals surface area contributed by atoms with Gasteiger partial charge in [0.1, 0.15) is 12.6 Å². The summed E-state index contributed by atoms with van der Waals surface area (Å²) >= 11 is 0. The van der Waals surface area contributed by atoms with Crippen molar-refractivity contribution < 1.29 is 109 Å². The van der Waals surface area contributed by atoms with Crippen LogP contribution in [0.25, 0.3) is 0 Å². The maximum atomic E-state index is 13.0. The number of aliphatic carboxylic acids is 3. The number of fused-ring (bicyclic) bond motifs is 2. The summed E-state index contributed by atoms with van der Waals surface area (Å²) in [6.45, 7) is 2.90. The molecule has 1 aromatic rings. The molecular formula is C61H108N5O15PTm+3. The summed E-state index contributed by atoms with van der Waals surface area (Å²) in [6.07, 6.45) is 34.5. The number of amides is 1. The molecule has 3 atom stereocenters. The van der Waals surface area contributed by atoms with Crippen LogP contribution in [0.5, 0.6) is 0 Å². The molecule has 482 valence electrons. The summed E-state index contributed by atoms with van der Waals surface area (Å²) < 4.78 is 34.4. The minimum absolute atomic E-state index is 0. The second-order valence-corrected chi connectivity index (χ2v) is 23.9. The molecule has 0 spiro atoms. The number of carbonyl (C=O) groups is 6. The molecule has 1 aromatic heterocycles. The van der Waals surface area contributed by atoms with Crippen molar-refractivity contribution in [1.29, 1.82) is 0 Å². The van der Waals surface area contributed by atoms with Crippen molar-refractivity contribution in [3.63, 3.8) is 0 Å². The number of phosphoric ester groups is 1. The summed E-state index contributed by atoms with van der Waals surface area (Å²) in [6, 6.07) is 4.04. The Labute approximate surface area is 526 Å². The Kier molecular flexibility index (Phi) is 48.3. The van der Waals surface area contributed by atoms with Gasteiger partial charge in [-0.3, -0.25) is 57.5 Å². The molecule has 0 saturated heterocycles. The SMILES string of the molecule is CCCCCCCCCCCCCCCCCC(=O)OC[C@H](COP(=O)(O)OCCNC(=O)CCC(C(=O)O)N1CCN(CC(=O)O)Cc2cccc(n2)CN(CC(=O)O)CC1)OC(=O)CCCCCCCCCCCCCCCCC.[Tm+3]. The minimum Gasteiger partial charge on any atom is -0.480 e. The van der Waals surface area contributed by atoms with E-state index in [1.807, 2.05) is 0 Å². The van der Waals surface area contributed by atoms with Gasteiger partial charge in [0.15, 0.2) is 6.10 Å². The predicted octanol–water partition coefficient (Wildman–Crippen LogP) is 11.6. The molecule has 20 nitrogen and oxygen atoms in total. The summed E-state index contributed by atoms with van der Waals surface area (Å²) in [5.74, 6) is -4.97. The predicted molar refractivity (Wildman–Crippen MR) is 317 cm³/mol. The number of nitrogens with one attached hydrogen (secondary N) is 1. The quantitative estimate of drug-likeness (QED) is 0.0230. The average Bonchev–Trinajstić information content (AvgIpc) is 3.47. The summed E-state index contributed by atoms with van der Waals surface area (Å²) in [4.78, 5) is 95.0. The Morgan fingerprint density at radius 3 is 1.39 bits per heavy atom. The van der Waals surface area contributed by atoms with Crippen LogP contribution in [0.3, 0.4) is 0 Å². The van der Waals surface area contributed by atoms with Gasteiger partial charge in [-0.1, -0.05) is 200 Å². The van der Waals surface area contributed by atoms with Crippen LogP contribution in [0.15, 0.2) is 18.2 Å². The first-order chi connectivity index (χ1) is 39.6. The molecule has 22 heteroatoms. The number of hydrogen-bond acceptors (Lipinski definition) is 15. The number of nitrogens with zero attached hydrogens (tertiary/aromatic N) is 4. The first kappa shape index (κ1) is 78.2. The molecule has 83 heavy (non-hydrogen) atoms. The third-order valence-corrected chi connectivity index (χ3v) is 15.9. The van der Waals surface area contributed by atoms with Gasteiger partial charge in [-0.25, -0.2) is 4.57 Å². The van der Waals surface area contributed by atoms with Gasteiger partial charge in [0.05, 0.1) is 37.7 Å². The van der Waals surface area contributed by atoms with Crippen molar-refractivity contribution in [2.45, 2.75) is 257 Å². The second-order valence-electron chi connectivity index (χ2n) is 22.4. The van der Waals surface area contributed by atoms with E-state index in [9.17, 15) is 53.5 Å². The normalized spacial score (nSPS) is 15.0. The Bertz CT molecular complexity index is 1900. The molecule has 1 aliphatic heterocycles. The minimum atomic E-state index is -4.78. The standard InChI is InChI=1S/C61H108N5O15P.Tm/c1-3-5-7-9-11-13-15-17-19-21-23-25-27-29-31-36-59(72)78-50-54(81-60(73)37-32-30-28-26-24-22-20-18-16-14-12-10-8-6-4-2)51-80-82(76,77)79-45-40-62-56(67)39-38-55(61(74)75)66-43-41-64(48-57(68)69)46-52-34-33-35-53(63-52)47-65(42-44-66)49-58(70)71;/h33-35,54-55H,3-32,36-51H2,1-2H3,(H,62,67)(H,68,69)(H,70,71)(H,74,75)(H,76,77);/q;+3/t54-,55?;/m1./s1. The van der Waals surface area contributed by atoms with Crippen molar-refractivity contribution in [2.75, 3.05) is 65.6 Å². The number of esters is 2. The number of unbranched alkanes of at least 4 members (excludes halogenated alkanes) is 28. The molecule has 0 aliphatic carbocycles. The van der Waals surface area contributed by atoms with Crippen LogP contribution in [0.4, 0.5) is 0 Å². The van der Waals surface area contributed by atoms with Gasteiger partial charge in [0, 0.05) is 65.1 Å². The fraction of sp³-hybridized carbons (Fsp3) is 0.820. The molecule has 2 bridgehead atoms. The summed E-state index contributed by atoms with van der Waals surface area (Å²) in [5, 5.41) is 32.1. The van der Waals surface area contributed by atoms with Crippen LogP contribution < -0.4 is 5.32 Å². The van der Waals surface area contributed by atoms with Crippen LogP contribution in [0, 0.1) is 36.9 Å². The number of carboxylic acid groups (broad SMARTS) is 3. The third kappa shape index (κ3) is 44.3. The Morgan fingerprint density at radius 1 is 0.566 bits per heavy atom. The zero-order chi connectivity index (χ0) is 59.9. The molecule has 2 unspecified atom stereocenters. The van der Waals surface area contributed by atoms with E-state index < -0.39 is 68.9 Å². The van der Waals surface area contributed by atoms with E-state index >= 15 is 0 Å². The molecule has 0 fully saturated rings. The molecule has 1 amide bonds. The molecule has 0 saturated carbocycles. The number of rotatable bonds is 51. The van der Waals surface area contributed by atoms with E-state index in [0.29, 0.717) is 24.2 Å². The second kappa shape index (κ2) is 51.3. The topological polar surface area (TPSA) is 272 Å². The van der Waals surface area contributed by atoms with Crippen molar-refractivity contribution >= 4 is 43.6 Å². The van der Waals surface area contributed by atoms with E-state index in [1.165, 1.54) is 141 Å². The maximum absolute atomic E-state index is 13.0. The van der Waals surface area contributed by atoms with Crippen LogP contribution in [-0.2, 0) is 64.9 Å². The molecule has 0 aromatic carbocycles. The number of carbonyl (C=O) groups excluding carboxylic acids is 3. The van der Waals surface area contributed by atoms with Gasteiger partial charge in [0.2, 0.25) is 5.91 Å². The van der Waals surface area contributed by atoms with Gasteiger partial charge in [-0.05, 0) is 31.4 Å². The zero-order valence-corrected chi connectivity index (χ0v) is 53.4. The Morgan fingerprint density at radius 2 is 0.976 bits per heavy atom. The van der Waals surface area contributed by atoms with Crippen molar-refractivity contribution in [2.24, 2.45) is 0 Å². The monoisotopic (exact) mass is 1350 g/mol. The van der Waals surface area contributed by atoms with Crippen LogP contribution in [0.2, 0.25) is 0 Å². The van der Waals surface area contributed by atoms with Crippen LogP contribution in [-0.4, -0.2) is 153 Å². The van der Waals surface area contributed by atoms with E-state index in [2.05, 4.69) is 24.1 Å². The Balaban J connectivity index is 0.0000344. The number of aromatic nitrogens is 1. The zero-order valence-electron chi connectivity index (χ0n) is 50.7. The van der Waals surface area contributed by atoms with Gasteiger partial charge < -0.3 is 35.0 Å². The molecular weight excluding hydrogens is 1240 g/mol. The van der Waals surface area contributed by atoms with Crippen molar-refractivity contribution in [3.8, 4) is 0 Å². The van der Waals surface area contributed by atoms with Crippen molar-refractivity contribution in [1.82, 2.24) is 25.0 Å². The Hall–Kier alpha value is -2.81. The fourth-order valence-corrected chi connectivity index (χ4v) is 11.0.